The predicted molar refractivity (Wildman–Crippen MR) is 29.0 cm³/mol. The minimum atomic E-state index is -3.99. The standard InChI is InChI=1S/C3H7NO4S/c5-9(6,7)3-1-2-4-8-3/h3-4H,1-2H2,(H,5,6,7). The van der Waals surface area contributed by atoms with Gasteiger partial charge in [-0.3, -0.25) is 9.39 Å². The zero-order valence-corrected chi connectivity index (χ0v) is 5.39. The van der Waals surface area contributed by atoms with Crippen molar-refractivity contribution in [3.8, 4) is 0 Å². The maximum Gasteiger partial charge on any atom is 0.294 e. The first-order valence-corrected chi connectivity index (χ1v) is 3.96. The molecule has 6 heteroatoms. The molecule has 0 aromatic heterocycles. The van der Waals surface area contributed by atoms with Gasteiger partial charge in [0.05, 0.1) is 0 Å². The van der Waals surface area contributed by atoms with E-state index in [1.165, 1.54) is 0 Å². The van der Waals surface area contributed by atoms with Crippen molar-refractivity contribution in [3.63, 3.8) is 0 Å². The lowest BCUT2D eigenvalue weighted by Gasteiger charge is -2.00. The van der Waals surface area contributed by atoms with E-state index < -0.39 is 15.6 Å². The Morgan fingerprint density at radius 3 is 2.56 bits per heavy atom. The summed E-state index contributed by atoms with van der Waals surface area (Å²) in [6.07, 6.45) is 0.304. The predicted octanol–water partition coefficient (Wildman–Crippen LogP) is -0.875. The average molecular weight is 153 g/mol. The van der Waals surface area contributed by atoms with Gasteiger partial charge in [0.25, 0.3) is 10.1 Å². The zero-order chi connectivity index (χ0) is 6.91. The van der Waals surface area contributed by atoms with Crippen LogP contribution in [0.25, 0.3) is 0 Å². The van der Waals surface area contributed by atoms with Crippen LogP contribution in [0.3, 0.4) is 0 Å². The van der Waals surface area contributed by atoms with E-state index in [0.29, 0.717) is 13.0 Å². The molecule has 9 heavy (non-hydrogen) atoms. The Labute approximate surface area is 52.7 Å². The molecule has 0 saturated carbocycles. The maximum atomic E-state index is 10.2. The number of nitrogens with one attached hydrogen (secondary N) is 1. The summed E-state index contributed by atoms with van der Waals surface area (Å²) in [5.41, 5.74) is 1.27. The van der Waals surface area contributed by atoms with Crippen LogP contribution in [0.4, 0.5) is 0 Å². The van der Waals surface area contributed by atoms with Crippen LogP contribution in [0, 0.1) is 0 Å². The van der Waals surface area contributed by atoms with Crippen LogP contribution in [-0.4, -0.2) is 25.0 Å². The molecule has 54 valence electrons. The number of rotatable bonds is 1. The van der Waals surface area contributed by atoms with Crippen molar-refractivity contribution < 1.29 is 17.8 Å². The molecule has 1 saturated heterocycles. The molecule has 1 atom stereocenters. The van der Waals surface area contributed by atoms with Crippen molar-refractivity contribution in [2.45, 2.75) is 11.9 Å². The lowest BCUT2D eigenvalue weighted by Crippen LogP contribution is -2.20. The van der Waals surface area contributed by atoms with Crippen molar-refractivity contribution >= 4 is 10.1 Å². The molecule has 0 aliphatic carbocycles. The van der Waals surface area contributed by atoms with Gasteiger partial charge in [0.1, 0.15) is 0 Å². The summed E-state index contributed by atoms with van der Waals surface area (Å²) in [6.45, 7) is 0.463. The van der Waals surface area contributed by atoms with Gasteiger partial charge in [-0.15, -0.1) is 0 Å². The number of hydrogen-bond acceptors (Lipinski definition) is 4. The van der Waals surface area contributed by atoms with Gasteiger partial charge in [0.15, 0.2) is 0 Å². The molecular weight excluding hydrogens is 146 g/mol. The molecule has 2 N–H and O–H groups in total. The Bertz CT molecular complexity index is 180. The molecule has 1 aliphatic heterocycles. The van der Waals surface area contributed by atoms with Crippen LogP contribution >= 0.6 is 0 Å². The molecule has 1 unspecified atom stereocenters. The van der Waals surface area contributed by atoms with Gasteiger partial charge in [0, 0.05) is 13.0 Å². The van der Waals surface area contributed by atoms with Gasteiger partial charge < -0.3 is 0 Å². The lowest BCUT2D eigenvalue weighted by atomic mass is 10.5. The molecule has 1 fully saturated rings. The molecule has 0 amide bonds. The molecule has 0 spiro atoms. The fraction of sp³-hybridized carbons (Fsp3) is 1.00. The van der Waals surface area contributed by atoms with Gasteiger partial charge in [-0.05, 0) is 0 Å². The largest absolute Gasteiger partial charge is 0.294 e. The first-order chi connectivity index (χ1) is 4.11. The molecular formula is C3H7NO4S. The third kappa shape index (κ3) is 1.62. The van der Waals surface area contributed by atoms with E-state index in [9.17, 15) is 8.42 Å². The Hall–Kier alpha value is -0.170. The summed E-state index contributed by atoms with van der Waals surface area (Å²) >= 11 is 0. The van der Waals surface area contributed by atoms with E-state index in [1.807, 2.05) is 0 Å². The topological polar surface area (TPSA) is 75.6 Å². The van der Waals surface area contributed by atoms with Crippen molar-refractivity contribution in [3.05, 3.63) is 0 Å². The third-order valence-electron chi connectivity index (χ3n) is 1.03. The normalized spacial score (nSPS) is 28.8. The minimum absolute atomic E-state index is 0.304. The van der Waals surface area contributed by atoms with E-state index in [-0.39, 0.29) is 0 Å². The highest BCUT2D eigenvalue weighted by atomic mass is 32.2. The summed E-state index contributed by atoms with van der Waals surface area (Å²) in [5, 5.41) is 0. The fourth-order valence-electron chi connectivity index (χ4n) is 0.597. The van der Waals surface area contributed by atoms with E-state index >= 15 is 0 Å². The Balaban J connectivity index is 2.63. The highest BCUT2D eigenvalue weighted by molar-refractivity contribution is 7.86. The van der Waals surface area contributed by atoms with Crippen molar-refractivity contribution in [2.24, 2.45) is 0 Å². The zero-order valence-electron chi connectivity index (χ0n) is 4.57. The second-order valence-corrected chi connectivity index (χ2v) is 3.30. The summed E-state index contributed by atoms with van der Waals surface area (Å²) in [5.74, 6) is 0. The Kier molecular flexibility index (Phi) is 1.71. The highest BCUT2D eigenvalue weighted by Gasteiger charge is 2.27. The van der Waals surface area contributed by atoms with Crippen LogP contribution in [0.1, 0.15) is 6.42 Å². The summed E-state index contributed by atoms with van der Waals surface area (Å²) in [6, 6.07) is 0. The van der Waals surface area contributed by atoms with Crippen molar-refractivity contribution in [1.29, 1.82) is 0 Å². The van der Waals surface area contributed by atoms with E-state index in [2.05, 4.69) is 10.3 Å². The van der Waals surface area contributed by atoms with E-state index in [0.717, 1.165) is 0 Å². The van der Waals surface area contributed by atoms with Crippen LogP contribution in [0.5, 0.6) is 0 Å². The van der Waals surface area contributed by atoms with Crippen LogP contribution in [0.2, 0.25) is 0 Å². The molecule has 1 heterocycles. The number of hydrogen-bond donors (Lipinski definition) is 2. The molecule has 5 nitrogen and oxygen atoms in total. The van der Waals surface area contributed by atoms with E-state index in [1.54, 1.807) is 0 Å². The summed E-state index contributed by atoms with van der Waals surface area (Å²) in [4.78, 5) is 4.43. The van der Waals surface area contributed by atoms with Gasteiger partial charge in [0.2, 0.25) is 5.44 Å². The quantitative estimate of drug-likeness (QED) is 0.479. The van der Waals surface area contributed by atoms with Gasteiger partial charge in [-0.2, -0.15) is 8.42 Å². The summed E-state index contributed by atoms with van der Waals surface area (Å²) in [7, 11) is -3.99. The first kappa shape index (κ1) is 6.94. The van der Waals surface area contributed by atoms with Gasteiger partial charge in [-0.1, -0.05) is 0 Å². The molecule has 0 radical (unpaired) electrons. The Morgan fingerprint density at radius 1 is 1.67 bits per heavy atom. The molecule has 0 aromatic carbocycles. The summed E-state index contributed by atoms with van der Waals surface area (Å²) < 4.78 is 28.8. The first-order valence-electron chi connectivity index (χ1n) is 2.45. The number of hydroxylamine groups is 1. The molecule has 1 aliphatic rings. The van der Waals surface area contributed by atoms with E-state index in [4.69, 9.17) is 4.55 Å². The van der Waals surface area contributed by atoms with Gasteiger partial charge >= 0.3 is 0 Å². The fourth-order valence-corrected chi connectivity index (χ4v) is 1.20. The minimum Gasteiger partial charge on any atom is -0.283 e. The van der Waals surface area contributed by atoms with Gasteiger partial charge in [-0.25, -0.2) is 5.48 Å². The SMILES string of the molecule is O=S(=O)(O)C1CCNO1. The van der Waals surface area contributed by atoms with Crippen molar-refractivity contribution in [2.75, 3.05) is 6.54 Å². The monoisotopic (exact) mass is 153 g/mol. The van der Waals surface area contributed by atoms with Crippen molar-refractivity contribution in [1.82, 2.24) is 5.48 Å². The molecule has 0 bridgehead atoms. The second-order valence-electron chi connectivity index (χ2n) is 1.75. The smallest absolute Gasteiger partial charge is 0.283 e. The lowest BCUT2D eigenvalue weighted by molar-refractivity contribution is 0.0727. The molecule has 1 rings (SSSR count). The highest BCUT2D eigenvalue weighted by Crippen LogP contribution is 2.08. The third-order valence-corrected chi connectivity index (χ3v) is 2.03. The Morgan fingerprint density at radius 2 is 2.33 bits per heavy atom. The second kappa shape index (κ2) is 2.22. The van der Waals surface area contributed by atoms with Crippen LogP contribution in [-0.2, 0) is 15.0 Å². The maximum absolute atomic E-state index is 10.2. The molecule has 0 aromatic rings. The van der Waals surface area contributed by atoms with Crippen LogP contribution < -0.4 is 5.48 Å². The van der Waals surface area contributed by atoms with Crippen LogP contribution in [0.15, 0.2) is 0 Å². The average Bonchev–Trinajstić information content (AvgIpc) is 2.08.